The van der Waals surface area contributed by atoms with E-state index in [-0.39, 0.29) is 5.91 Å². The van der Waals surface area contributed by atoms with E-state index in [0.717, 1.165) is 10.0 Å². The highest BCUT2D eigenvalue weighted by Gasteiger charge is 2.19. The zero-order valence-electron chi connectivity index (χ0n) is 10.4. The first kappa shape index (κ1) is 14.7. The molecule has 1 aromatic rings. The molecule has 0 saturated carbocycles. The van der Waals surface area contributed by atoms with Gasteiger partial charge in [0.25, 0.3) is 5.91 Å². The second-order valence-corrected chi connectivity index (χ2v) is 5.09. The van der Waals surface area contributed by atoms with Crippen LogP contribution in [-0.2, 0) is 4.79 Å². The summed E-state index contributed by atoms with van der Waals surface area (Å²) in [5.41, 5.74) is 1.40. The molecule has 0 spiro atoms. The van der Waals surface area contributed by atoms with Crippen LogP contribution in [0.2, 0.25) is 0 Å². The van der Waals surface area contributed by atoms with Gasteiger partial charge < -0.3 is 10.4 Å². The minimum atomic E-state index is -1.00. The quantitative estimate of drug-likeness (QED) is 0.878. The van der Waals surface area contributed by atoms with Crippen LogP contribution in [0.4, 0.5) is 0 Å². The molecule has 1 atom stereocenters. The summed E-state index contributed by atoms with van der Waals surface area (Å²) in [4.78, 5) is 22.9. The van der Waals surface area contributed by atoms with Crippen molar-refractivity contribution in [3.8, 4) is 0 Å². The number of carboxylic acid groups (broad SMARTS) is 1. The lowest BCUT2D eigenvalue weighted by molar-refractivity contribution is -0.139. The molecule has 0 aromatic heterocycles. The molecule has 2 N–H and O–H groups in total. The topological polar surface area (TPSA) is 66.4 Å². The molecule has 1 amide bonds. The molecule has 1 aromatic carbocycles. The maximum Gasteiger partial charge on any atom is 0.326 e. The van der Waals surface area contributed by atoms with Crippen molar-refractivity contribution in [1.29, 1.82) is 0 Å². The van der Waals surface area contributed by atoms with E-state index in [1.54, 1.807) is 12.1 Å². The maximum absolute atomic E-state index is 11.9. The van der Waals surface area contributed by atoms with E-state index < -0.39 is 12.0 Å². The first-order chi connectivity index (χ1) is 8.43. The molecule has 0 aliphatic carbocycles. The lowest BCUT2D eigenvalue weighted by atomic mass is 10.1. The Hall–Kier alpha value is -1.36. The van der Waals surface area contributed by atoms with Gasteiger partial charge >= 0.3 is 5.97 Å². The molecule has 5 heteroatoms. The van der Waals surface area contributed by atoms with Crippen molar-refractivity contribution < 1.29 is 14.7 Å². The van der Waals surface area contributed by atoms with Gasteiger partial charge in [-0.05, 0) is 37.1 Å². The van der Waals surface area contributed by atoms with Crippen molar-refractivity contribution in [3.63, 3.8) is 0 Å². The number of benzene rings is 1. The van der Waals surface area contributed by atoms with Crippen LogP contribution in [-0.4, -0.2) is 23.0 Å². The van der Waals surface area contributed by atoms with Crippen molar-refractivity contribution in [2.75, 3.05) is 0 Å². The summed E-state index contributed by atoms with van der Waals surface area (Å²) in [6, 6.07) is 4.46. The Morgan fingerprint density at radius 3 is 2.56 bits per heavy atom. The normalized spacial score (nSPS) is 11.9. The lowest BCUT2D eigenvalue weighted by Gasteiger charge is -2.13. The van der Waals surface area contributed by atoms with Crippen LogP contribution in [0, 0.1) is 6.92 Å². The Kier molecular flexibility index (Phi) is 5.34. The fraction of sp³-hybridized carbons (Fsp3) is 0.385. The number of carbonyl (C=O) groups excluding carboxylic acids is 1. The third-order valence-corrected chi connectivity index (χ3v) is 2.94. The lowest BCUT2D eigenvalue weighted by Crippen LogP contribution is -2.40. The Morgan fingerprint density at radius 2 is 2.06 bits per heavy atom. The minimum absolute atomic E-state index is 0.361. The highest BCUT2D eigenvalue weighted by Crippen LogP contribution is 2.15. The molecule has 4 nitrogen and oxygen atoms in total. The van der Waals surface area contributed by atoms with Crippen molar-refractivity contribution in [3.05, 3.63) is 33.8 Å². The molecule has 0 aliphatic rings. The molecular weight excluding hydrogens is 298 g/mol. The van der Waals surface area contributed by atoms with Crippen molar-refractivity contribution in [2.24, 2.45) is 0 Å². The monoisotopic (exact) mass is 313 g/mol. The molecule has 1 rings (SSSR count). The fourth-order valence-corrected chi connectivity index (χ4v) is 2.26. The number of carbonyl (C=O) groups is 2. The van der Waals surface area contributed by atoms with Gasteiger partial charge in [0.05, 0.1) is 0 Å². The molecule has 18 heavy (non-hydrogen) atoms. The number of aliphatic carboxylic acids is 1. The van der Waals surface area contributed by atoms with E-state index in [1.807, 2.05) is 19.9 Å². The Morgan fingerprint density at radius 1 is 1.39 bits per heavy atom. The Bertz CT molecular complexity index is 439. The molecular formula is C13H16BrNO3. The minimum Gasteiger partial charge on any atom is -0.480 e. The summed E-state index contributed by atoms with van der Waals surface area (Å²) in [6.07, 6.45) is 1.13. The van der Waals surface area contributed by atoms with Gasteiger partial charge in [-0.15, -0.1) is 0 Å². The highest BCUT2D eigenvalue weighted by atomic mass is 79.9. The van der Waals surface area contributed by atoms with E-state index in [9.17, 15) is 9.59 Å². The number of carboxylic acids is 1. The Balaban J connectivity index is 2.83. The van der Waals surface area contributed by atoms with Crippen LogP contribution in [0.25, 0.3) is 0 Å². The SMILES string of the molecule is CCC[C@H](NC(=O)c1cc(C)cc(Br)c1)C(=O)O. The van der Waals surface area contributed by atoms with Gasteiger partial charge in [0.1, 0.15) is 6.04 Å². The molecule has 0 radical (unpaired) electrons. The standard InChI is InChI=1S/C13H16BrNO3/c1-3-4-11(13(17)18)15-12(16)9-5-8(2)6-10(14)7-9/h5-7,11H,3-4H2,1-2H3,(H,15,16)(H,17,18)/t11-/m0/s1. The zero-order valence-corrected chi connectivity index (χ0v) is 12.0. The van der Waals surface area contributed by atoms with E-state index in [4.69, 9.17) is 5.11 Å². The molecule has 0 saturated heterocycles. The van der Waals surface area contributed by atoms with Gasteiger partial charge in [0.2, 0.25) is 0 Å². The smallest absolute Gasteiger partial charge is 0.326 e. The van der Waals surface area contributed by atoms with Crippen LogP contribution >= 0.6 is 15.9 Å². The summed E-state index contributed by atoms with van der Waals surface area (Å²) < 4.78 is 0.801. The van der Waals surface area contributed by atoms with E-state index in [1.165, 1.54) is 0 Å². The van der Waals surface area contributed by atoms with Crippen LogP contribution in [0.1, 0.15) is 35.7 Å². The molecule has 0 bridgehead atoms. The highest BCUT2D eigenvalue weighted by molar-refractivity contribution is 9.10. The van der Waals surface area contributed by atoms with Gasteiger partial charge in [0.15, 0.2) is 0 Å². The Labute approximate surface area is 115 Å². The number of hydrogen-bond acceptors (Lipinski definition) is 2. The first-order valence-corrected chi connectivity index (χ1v) is 6.54. The van der Waals surface area contributed by atoms with Gasteiger partial charge in [-0.25, -0.2) is 4.79 Å². The number of aryl methyl sites for hydroxylation is 1. The maximum atomic E-state index is 11.9. The van der Waals surface area contributed by atoms with Gasteiger partial charge in [-0.1, -0.05) is 29.3 Å². The van der Waals surface area contributed by atoms with E-state index >= 15 is 0 Å². The molecule has 0 unspecified atom stereocenters. The number of rotatable bonds is 5. The van der Waals surface area contributed by atoms with Gasteiger partial charge in [-0.3, -0.25) is 4.79 Å². The van der Waals surface area contributed by atoms with Crippen molar-refractivity contribution >= 4 is 27.8 Å². The predicted molar refractivity (Wildman–Crippen MR) is 72.7 cm³/mol. The van der Waals surface area contributed by atoms with Gasteiger partial charge in [0, 0.05) is 10.0 Å². The number of amides is 1. The fourth-order valence-electron chi connectivity index (χ4n) is 1.66. The molecule has 0 heterocycles. The molecule has 0 aliphatic heterocycles. The summed E-state index contributed by atoms with van der Waals surface area (Å²) >= 11 is 3.31. The second kappa shape index (κ2) is 6.54. The van der Waals surface area contributed by atoms with Gasteiger partial charge in [-0.2, -0.15) is 0 Å². The third-order valence-electron chi connectivity index (χ3n) is 2.49. The first-order valence-electron chi connectivity index (χ1n) is 5.75. The summed E-state index contributed by atoms with van der Waals surface area (Å²) in [7, 11) is 0. The van der Waals surface area contributed by atoms with Crippen LogP contribution in [0.5, 0.6) is 0 Å². The van der Waals surface area contributed by atoms with Crippen LogP contribution in [0.15, 0.2) is 22.7 Å². The average molecular weight is 314 g/mol. The van der Waals surface area contributed by atoms with Crippen molar-refractivity contribution in [2.45, 2.75) is 32.7 Å². The molecule has 0 fully saturated rings. The van der Waals surface area contributed by atoms with Crippen molar-refractivity contribution in [1.82, 2.24) is 5.32 Å². The van der Waals surface area contributed by atoms with Crippen LogP contribution in [0.3, 0.4) is 0 Å². The van der Waals surface area contributed by atoms with E-state index in [0.29, 0.717) is 18.4 Å². The van der Waals surface area contributed by atoms with E-state index in [2.05, 4.69) is 21.2 Å². The predicted octanol–water partition coefficient (Wildman–Crippen LogP) is 2.74. The number of hydrogen-bond donors (Lipinski definition) is 2. The average Bonchev–Trinajstić information content (AvgIpc) is 2.26. The largest absolute Gasteiger partial charge is 0.480 e. The third kappa shape index (κ3) is 4.14. The zero-order chi connectivity index (χ0) is 13.7. The van der Waals surface area contributed by atoms with Crippen LogP contribution < -0.4 is 5.32 Å². The number of halogens is 1. The second-order valence-electron chi connectivity index (χ2n) is 4.17. The molecule has 98 valence electrons. The number of nitrogens with one attached hydrogen (secondary N) is 1. The summed E-state index contributed by atoms with van der Waals surface area (Å²) in [5.74, 6) is -1.36. The summed E-state index contributed by atoms with van der Waals surface area (Å²) in [5, 5.41) is 11.5. The summed E-state index contributed by atoms with van der Waals surface area (Å²) in [6.45, 7) is 3.76.